The first-order valence-corrected chi connectivity index (χ1v) is 7.45. The third-order valence-corrected chi connectivity index (χ3v) is 3.57. The maximum absolute atomic E-state index is 12.0. The second-order valence-electron chi connectivity index (χ2n) is 4.92. The molecule has 116 valence electrons. The highest BCUT2D eigenvalue weighted by Gasteiger charge is 2.10. The molecule has 0 aliphatic carbocycles. The van der Waals surface area contributed by atoms with Gasteiger partial charge in [-0.1, -0.05) is 41.9 Å². The zero-order valence-electron chi connectivity index (χ0n) is 12.4. The maximum atomic E-state index is 12.0. The molecule has 2 aromatic rings. The van der Waals surface area contributed by atoms with Gasteiger partial charge in [0.2, 0.25) is 0 Å². The first-order valence-electron chi connectivity index (χ1n) is 7.07. The zero-order chi connectivity index (χ0) is 15.9. The second-order valence-corrected chi connectivity index (χ2v) is 5.33. The van der Waals surface area contributed by atoms with Crippen molar-refractivity contribution in [3.05, 3.63) is 64.7 Å². The van der Waals surface area contributed by atoms with Crippen LogP contribution in [0.25, 0.3) is 0 Å². The van der Waals surface area contributed by atoms with Crippen LogP contribution in [0.3, 0.4) is 0 Å². The lowest BCUT2D eigenvalue weighted by molar-refractivity contribution is 0.0645. The van der Waals surface area contributed by atoms with E-state index in [0.29, 0.717) is 29.4 Å². The van der Waals surface area contributed by atoms with Crippen LogP contribution in [0.5, 0.6) is 0 Å². The molecule has 0 radical (unpaired) electrons. The molecule has 0 aromatic heterocycles. The largest absolute Gasteiger partial charge is 0.399 e. The van der Waals surface area contributed by atoms with Gasteiger partial charge >= 0.3 is 0 Å². The van der Waals surface area contributed by atoms with Crippen molar-refractivity contribution >= 4 is 23.2 Å². The van der Waals surface area contributed by atoms with Crippen LogP contribution >= 0.6 is 11.6 Å². The van der Waals surface area contributed by atoms with Crippen molar-refractivity contribution < 1.29 is 9.53 Å². The number of carbonyl (C=O) groups is 1. The predicted octanol–water partition coefficient (Wildman–Crippen LogP) is 3.43. The number of nitrogen functional groups attached to an aromatic ring is 1. The molecule has 2 aromatic carbocycles. The van der Waals surface area contributed by atoms with Crippen molar-refractivity contribution in [3.8, 4) is 0 Å². The van der Waals surface area contributed by atoms with Gasteiger partial charge in [-0.15, -0.1) is 0 Å². The van der Waals surface area contributed by atoms with Gasteiger partial charge in [-0.05, 0) is 30.7 Å². The third-order valence-electron chi connectivity index (χ3n) is 3.26. The van der Waals surface area contributed by atoms with Crippen LogP contribution in [-0.4, -0.2) is 19.1 Å². The summed E-state index contributed by atoms with van der Waals surface area (Å²) >= 11 is 6.00. The molecule has 0 unspecified atom stereocenters. The molecule has 0 heterocycles. The van der Waals surface area contributed by atoms with Gasteiger partial charge in [0.15, 0.2) is 0 Å². The molecule has 4 nitrogen and oxygen atoms in total. The second kappa shape index (κ2) is 7.82. The molecule has 5 heteroatoms. The van der Waals surface area contributed by atoms with E-state index in [1.165, 1.54) is 0 Å². The molecule has 3 N–H and O–H groups in total. The minimum absolute atomic E-state index is 0.0155. The van der Waals surface area contributed by atoms with Crippen LogP contribution in [0.15, 0.2) is 48.5 Å². The summed E-state index contributed by atoms with van der Waals surface area (Å²) in [6.45, 7) is 2.82. The van der Waals surface area contributed by atoms with E-state index >= 15 is 0 Å². The van der Waals surface area contributed by atoms with Gasteiger partial charge in [-0.3, -0.25) is 4.79 Å². The number of anilines is 1. The fourth-order valence-corrected chi connectivity index (χ4v) is 2.31. The molecule has 0 spiro atoms. The normalized spacial score (nSPS) is 11.9. The SMILES string of the molecule is C[C@@H](OCCNC(=O)c1ccc(N)cc1Cl)c1ccccc1. The van der Waals surface area contributed by atoms with E-state index in [-0.39, 0.29) is 12.0 Å². The van der Waals surface area contributed by atoms with Gasteiger partial charge in [0.1, 0.15) is 0 Å². The Kier molecular flexibility index (Phi) is 5.81. The number of rotatable bonds is 6. The Morgan fingerprint density at radius 2 is 2.00 bits per heavy atom. The van der Waals surface area contributed by atoms with E-state index in [2.05, 4.69) is 5.32 Å². The van der Waals surface area contributed by atoms with Gasteiger partial charge in [0.25, 0.3) is 5.91 Å². The van der Waals surface area contributed by atoms with E-state index in [0.717, 1.165) is 5.56 Å². The van der Waals surface area contributed by atoms with Crippen LogP contribution in [0.1, 0.15) is 28.9 Å². The van der Waals surface area contributed by atoms with E-state index in [1.807, 2.05) is 37.3 Å². The fraction of sp³-hybridized carbons (Fsp3) is 0.235. The van der Waals surface area contributed by atoms with Gasteiger partial charge in [0.05, 0.1) is 23.3 Å². The van der Waals surface area contributed by atoms with E-state index in [1.54, 1.807) is 18.2 Å². The summed E-state index contributed by atoms with van der Waals surface area (Å²) in [5.74, 6) is -0.235. The van der Waals surface area contributed by atoms with Crippen LogP contribution in [-0.2, 0) is 4.74 Å². The number of halogens is 1. The average molecular weight is 319 g/mol. The van der Waals surface area contributed by atoms with Crippen molar-refractivity contribution in [3.63, 3.8) is 0 Å². The van der Waals surface area contributed by atoms with Crippen molar-refractivity contribution in [2.45, 2.75) is 13.0 Å². The molecular formula is C17H19ClN2O2. The number of carbonyl (C=O) groups excluding carboxylic acids is 1. The summed E-state index contributed by atoms with van der Waals surface area (Å²) in [5, 5.41) is 3.12. The maximum Gasteiger partial charge on any atom is 0.252 e. The van der Waals surface area contributed by atoms with Crippen molar-refractivity contribution in [2.75, 3.05) is 18.9 Å². The lowest BCUT2D eigenvalue weighted by Crippen LogP contribution is -2.27. The fourth-order valence-electron chi connectivity index (χ4n) is 2.03. The molecule has 2 rings (SSSR count). The Bertz CT molecular complexity index is 632. The molecule has 0 bridgehead atoms. The number of nitrogens with one attached hydrogen (secondary N) is 1. The molecule has 1 amide bonds. The molecule has 0 aliphatic heterocycles. The number of hydrogen-bond donors (Lipinski definition) is 2. The quantitative estimate of drug-likeness (QED) is 0.633. The van der Waals surface area contributed by atoms with Crippen molar-refractivity contribution in [1.29, 1.82) is 0 Å². The van der Waals surface area contributed by atoms with Crippen LogP contribution in [0.2, 0.25) is 5.02 Å². The van der Waals surface area contributed by atoms with E-state index in [4.69, 9.17) is 22.1 Å². The predicted molar refractivity (Wildman–Crippen MR) is 89.0 cm³/mol. The Morgan fingerprint density at radius 1 is 1.27 bits per heavy atom. The summed E-state index contributed by atoms with van der Waals surface area (Å²) in [6, 6.07) is 14.8. The number of nitrogens with two attached hydrogens (primary N) is 1. The van der Waals surface area contributed by atoms with Gasteiger partial charge in [0, 0.05) is 12.2 Å². The molecule has 0 saturated carbocycles. The van der Waals surface area contributed by atoms with Crippen molar-refractivity contribution in [1.82, 2.24) is 5.32 Å². The highest BCUT2D eigenvalue weighted by atomic mass is 35.5. The third kappa shape index (κ3) is 4.48. The number of benzene rings is 2. The number of ether oxygens (including phenoxy) is 1. The number of hydrogen-bond acceptors (Lipinski definition) is 3. The monoisotopic (exact) mass is 318 g/mol. The summed E-state index contributed by atoms with van der Waals surface area (Å²) in [5.41, 5.74) is 7.65. The summed E-state index contributed by atoms with van der Waals surface area (Å²) in [7, 11) is 0. The molecule has 0 fully saturated rings. The minimum Gasteiger partial charge on any atom is -0.399 e. The standard InChI is InChI=1S/C17H19ClN2O2/c1-12(13-5-3-2-4-6-13)22-10-9-20-17(21)15-8-7-14(19)11-16(15)18/h2-8,11-12H,9-10,19H2,1H3,(H,20,21)/t12-/m1/s1. The van der Waals surface area contributed by atoms with Gasteiger partial charge in [-0.25, -0.2) is 0 Å². The summed E-state index contributed by atoms with van der Waals surface area (Å²) in [6.07, 6.45) is -0.0155. The Morgan fingerprint density at radius 3 is 2.68 bits per heavy atom. The molecule has 22 heavy (non-hydrogen) atoms. The van der Waals surface area contributed by atoms with E-state index < -0.39 is 0 Å². The first kappa shape index (κ1) is 16.3. The topological polar surface area (TPSA) is 64.3 Å². The van der Waals surface area contributed by atoms with Gasteiger partial charge < -0.3 is 15.8 Å². The first-order chi connectivity index (χ1) is 10.6. The lowest BCUT2D eigenvalue weighted by Gasteiger charge is -2.14. The Balaban J connectivity index is 1.78. The molecule has 0 aliphatic rings. The van der Waals surface area contributed by atoms with Gasteiger partial charge in [-0.2, -0.15) is 0 Å². The lowest BCUT2D eigenvalue weighted by atomic mass is 10.1. The van der Waals surface area contributed by atoms with Crippen LogP contribution < -0.4 is 11.1 Å². The summed E-state index contributed by atoms with van der Waals surface area (Å²) in [4.78, 5) is 12.0. The molecule has 1 atom stereocenters. The number of amides is 1. The van der Waals surface area contributed by atoms with Crippen LogP contribution in [0.4, 0.5) is 5.69 Å². The molecule has 0 saturated heterocycles. The van der Waals surface area contributed by atoms with E-state index in [9.17, 15) is 4.79 Å². The minimum atomic E-state index is -0.235. The smallest absolute Gasteiger partial charge is 0.252 e. The highest BCUT2D eigenvalue weighted by molar-refractivity contribution is 6.34. The van der Waals surface area contributed by atoms with Crippen molar-refractivity contribution in [2.24, 2.45) is 0 Å². The van der Waals surface area contributed by atoms with Crippen LogP contribution in [0, 0.1) is 0 Å². The summed E-state index contributed by atoms with van der Waals surface area (Å²) < 4.78 is 5.70. The average Bonchev–Trinajstić information content (AvgIpc) is 2.52. The molecular weight excluding hydrogens is 300 g/mol. The highest BCUT2D eigenvalue weighted by Crippen LogP contribution is 2.19. The Labute approximate surface area is 135 Å². The zero-order valence-corrected chi connectivity index (χ0v) is 13.1. The Hall–Kier alpha value is -2.04.